The summed E-state index contributed by atoms with van der Waals surface area (Å²) in [5.74, 6) is 2.47. The number of aromatic nitrogens is 1. The lowest BCUT2D eigenvalue weighted by molar-refractivity contribution is 0.429. The van der Waals surface area contributed by atoms with Crippen molar-refractivity contribution in [3.8, 4) is 0 Å². The van der Waals surface area contributed by atoms with Crippen molar-refractivity contribution in [2.45, 2.75) is 44.2 Å². The summed E-state index contributed by atoms with van der Waals surface area (Å²) in [6.07, 6.45) is 6.75. The zero-order chi connectivity index (χ0) is 12.7. The average Bonchev–Trinajstić information content (AvgIpc) is 3.00. The molecule has 0 spiro atoms. The van der Waals surface area contributed by atoms with Gasteiger partial charge in [-0.2, -0.15) is 0 Å². The second kappa shape index (κ2) is 4.49. The van der Waals surface area contributed by atoms with E-state index < -0.39 is 0 Å². The highest BCUT2D eigenvalue weighted by molar-refractivity contribution is 5.34. The summed E-state index contributed by atoms with van der Waals surface area (Å²) >= 11 is 0. The summed E-state index contributed by atoms with van der Waals surface area (Å²) < 4.78 is 6.00. The van der Waals surface area contributed by atoms with Crippen molar-refractivity contribution in [2.24, 2.45) is 0 Å². The van der Waals surface area contributed by atoms with E-state index in [1.807, 2.05) is 12.3 Å². The minimum atomic E-state index is 0.353. The summed E-state index contributed by atoms with van der Waals surface area (Å²) in [7, 11) is 0. The highest BCUT2D eigenvalue weighted by Gasteiger charge is 2.27. The van der Waals surface area contributed by atoms with E-state index in [-0.39, 0.29) is 0 Å². The molecule has 0 saturated heterocycles. The van der Waals surface area contributed by atoms with Crippen LogP contribution in [0, 0.1) is 0 Å². The number of nitrogens with one attached hydrogen (secondary N) is 1. The summed E-state index contributed by atoms with van der Waals surface area (Å²) in [5, 5.41) is 3.49. The molecule has 2 heterocycles. The lowest BCUT2D eigenvalue weighted by Crippen LogP contribution is -2.14. The SMILES string of the molecule is c1cnc2c(c1)CCC2c1ccc(CNC2CC2)o1. The van der Waals surface area contributed by atoms with Gasteiger partial charge in [-0.1, -0.05) is 6.07 Å². The quantitative estimate of drug-likeness (QED) is 0.911. The third kappa shape index (κ3) is 2.19. The Bertz CT molecular complexity index is 586. The third-order valence-corrected chi connectivity index (χ3v) is 4.13. The first-order valence-electron chi connectivity index (χ1n) is 7.16. The molecule has 19 heavy (non-hydrogen) atoms. The number of rotatable bonds is 4. The van der Waals surface area contributed by atoms with Crippen LogP contribution in [-0.2, 0) is 13.0 Å². The van der Waals surface area contributed by atoms with Crippen LogP contribution in [0.2, 0.25) is 0 Å². The van der Waals surface area contributed by atoms with E-state index in [2.05, 4.69) is 28.5 Å². The highest BCUT2D eigenvalue weighted by atomic mass is 16.3. The number of aryl methyl sites for hydroxylation is 1. The fourth-order valence-electron chi connectivity index (χ4n) is 2.90. The third-order valence-electron chi connectivity index (χ3n) is 4.13. The second-order valence-corrected chi connectivity index (χ2v) is 5.60. The Kier molecular flexibility index (Phi) is 2.66. The lowest BCUT2D eigenvalue weighted by atomic mass is 10.0. The number of furan rings is 1. The van der Waals surface area contributed by atoms with E-state index in [0.717, 1.165) is 36.9 Å². The van der Waals surface area contributed by atoms with E-state index in [1.165, 1.54) is 24.1 Å². The van der Waals surface area contributed by atoms with Crippen LogP contribution in [0.3, 0.4) is 0 Å². The Balaban J connectivity index is 1.53. The fraction of sp³-hybridized carbons (Fsp3) is 0.438. The molecule has 1 atom stereocenters. The maximum atomic E-state index is 6.00. The number of hydrogen-bond acceptors (Lipinski definition) is 3. The van der Waals surface area contributed by atoms with Crippen molar-refractivity contribution < 1.29 is 4.42 Å². The molecule has 1 unspecified atom stereocenters. The first-order valence-corrected chi connectivity index (χ1v) is 7.16. The molecular formula is C16H18N2O. The normalized spacial score (nSPS) is 21.6. The van der Waals surface area contributed by atoms with E-state index in [0.29, 0.717) is 5.92 Å². The molecule has 2 aromatic heterocycles. The van der Waals surface area contributed by atoms with Gasteiger partial charge in [0, 0.05) is 12.2 Å². The van der Waals surface area contributed by atoms with Gasteiger partial charge in [-0.05, 0) is 49.4 Å². The molecule has 0 aliphatic heterocycles. The Morgan fingerprint density at radius 1 is 1.21 bits per heavy atom. The molecule has 2 aromatic rings. The number of nitrogens with zero attached hydrogens (tertiary/aromatic N) is 1. The molecule has 3 nitrogen and oxygen atoms in total. The molecule has 0 aromatic carbocycles. The smallest absolute Gasteiger partial charge is 0.117 e. The van der Waals surface area contributed by atoms with Crippen LogP contribution >= 0.6 is 0 Å². The molecule has 98 valence electrons. The van der Waals surface area contributed by atoms with Gasteiger partial charge < -0.3 is 9.73 Å². The predicted molar refractivity (Wildman–Crippen MR) is 73.0 cm³/mol. The van der Waals surface area contributed by atoms with Crippen molar-refractivity contribution in [3.63, 3.8) is 0 Å². The van der Waals surface area contributed by atoms with Crippen molar-refractivity contribution in [3.05, 3.63) is 53.2 Å². The zero-order valence-electron chi connectivity index (χ0n) is 10.9. The summed E-state index contributed by atoms with van der Waals surface area (Å²) in [6, 6.07) is 9.15. The second-order valence-electron chi connectivity index (χ2n) is 5.60. The molecule has 2 aliphatic rings. The molecule has 4 rings (SSSR count). The van der Waals surface area contributed by atoms with E-state index in [1.54, 1.807) is 0 Å². The van der Waals surface area contributed by atoms with Crippen molar-refractivity contribution in [1.82, 2.24) is 10.3 Å². The monoisotopic (exact) mass is 254 g/mol. The largest absolute Gasteiger partial charge is 0.464 e. The van der Waals surface area contributed by atoms with Crippen LogP contribution < -0.4 is 5.32 Å². The Labute approximate surface area is 113 Å². The van der Waals surface area contributed by atoms with Crippen molar-refractivity contribution >= 4 is 0 Å². The van der Waals surface area contributed by atoms with Crippen LogP contribution in [0.5, 0.6) is 0 Å². The van der Waals surface area contributed by atoms with Gasteiger partial charge in [0.05, 0.1) is 18.2 Å². The molecule has 1 N–H and O–H groups in total. The summed E-state index contributed by atoms with van der Waals surface area (Å²) in [4.78, 5) is 4.53. The van der Waals surface area contributed by atoms with Gasteiger partial charge in [-0.3, -0.25) is 4.98 Å². The maximum Gasteiger partial charge on any atom is 0.117 e. The topological polar surface area (TPSA) is 38.1 Å². The van der Waals surface area contributed by atoms with Crippen LogP contribution in [0.4, 0.5) is 0 Å². The van der Waals surface area contributed by atoms with E-state index in [4.69, 9.17) is 4.42 Å². The molecular weight excluding hydrogens is 236 g/mol. The molecule has 3 heteroatoms. The first kappa shape index (κ1) is 11.2. The van der Waals surface area contributed by atoms with Gasteiger partial charge in [0.1, 0.15) is 11.5 Å². The average molecular weight is 254 g/mol. The first-order chi connectivity index (χ1) is 9.40. The molecule has 0 amide bonds. The van der Waals surface area contributed by atoms with Crippen LogP contribution in [0.1, 0.15) is 48.0 Å². The number of fused-ring (bicyclic) bond motifs is 1. The van der Waals surface area contributed by atoms with Crippen molar-refractivity contribution in [2.75, 3.05) is 0 Å². The van der Waals surface area contributed by atoms with Crippen LogP contribution in [0.25, 0.3) is 0 Å². The van der Waals surface area contributed by atoms with Gasteiger partial charge in [0.15, 0.2) is 0 Å². The van der Waals surface area contributed by atoms with Crippen LogP contribution in [0.15, 0.2) is 34.9 Å². The number of pyridine rings is 1. The minimum Gasteiger partial charge on any atom is -0.464 e. The highest BCUT2D eigenvalue weighted by Crippen LogP contribution is 2.37. The number of hydrogen-bond donors (Lipinski definition) is 1. The molecule has 0 radical (unpaired) electrons. The predicted octanol–water partition coefficient (Wildman–Crippen LogP) is 3.00. The summed E-state index contributed by atoms with van der Waals surface area (Å²) in [5.41, 5.74) is 2.58. The fourth-order valence-corrected chi connectivity index (χ4v) is 2.90. The van der Waals surface area contributed by atoms with Gasteiger partial charge in [0.25, 0.3) is 0 Å². The zero-order valence-corrected chi connectivity index (χ0v) is 10.9. The Hall–Kier alpha value is -1.61. The molecule has 1 saturated carbocycles. The van der Waals surface area contributed by atoms with Gasteiger partial charge >= 0.3 is 0 Å². The standard InChI is InChI=1S/C16H18N2O/c1-2-11-3-7-14(16(11)17-9-1)15-8-6-13(19-15)10-18-12-4-5-12/h1-2,6,8-9,12,14,18H,3-5,7,10H2. The van der Waals surface area contributed by atoms with Crippen molar-refractivity contribution in [1.29, 1.82) is 0 Å². The van der Waals surface area contributed by atoms with E-state index in [9.17, 15) is 0 Å². The van der Waals surface area contributed by atoms with Gasteiger partial charge in [-0.25, -0.2) is 0 Å². The molecule has 2 aliphatic carbocycles. The lowest BCUT2D eigenvalue weighted by Gasteiger charge is -2.07. The minimum absolute atomic E-state index is 0.353. The van der Waals surface area contributed by atoms with E-state index >= 15 is 0 Å². The molecule has 0 bridgehead atoms. The van der Waals surface area contributed by atoms with Crippen LogP contribution in [-0.4, -0.2) is 11.0 Å². The Morgan fingerprint density at radius 2 is 2.16 bits per heavy atom. The maximum absolute atomic E-state index is 6.00. The Morgan fingerprint density at radius 3 is 3.05 bits per heavy atom. The van der Waals surface area contributed by atoms with Gasteiger partial charge in [0.2, 0.25) is 0 Å². The summed E-state index contributed by atoms with van der Waals surface area (Å²) in [6.45, 7) is 0.854. The van der Waals surface area contributed by atoms with Gasteiger partial charge in [-0.15, -0.1) is 0 Å². The molecule has 1 fully saturated rings.